The van der Waals surface area contributed by atoms with Crippen molar-refractivity contribution in [1.29, 1.82) is 0 Å². The molecule has 0 atom stereocenters. The van der Waals surface area contributed by atoms with Crippen LogP contribution in [0, 0.1) is 0 Å². The summed E-state index contributed by atoms with van der Waals surface area (Å²) in [4.78, 5) is 11.0. The lowest BCUT2D eigenvalue weighted by molar-refractivity contribution is 0.112. The third kappa shape index (κ3) is 3.35. The van der Waals surface area contributed by atoms with Crippen LogP contribution in [0.5, 0.6) is 17.2 Å². The van der Waals surface area contributed by atoms with Gasteiger partial charge in [-0.25, -0.2) is 0 Å². The van der Waals surface area contributed by atoms with Crippen molar-refractivity contribution in [3.05, 3.63) is 52.5 Å². The van der Waals surface area contributed by atoms with Crippen molar-refractivity contribution in [1.82, 2.24) is 0 Å². The average Bonchev–Trinajstić information content (AvgIpc) is 2.43. The van der Waals surface area contributed by atoms with E-state index >= 15 is 0 Å². The second kappa shape index (κ2) is 6.38. The van der Waals surface area contributed by atoms with Crippen LogP contribution in [0.3, 0.4) is 0 Å². The highest BCUT2D eigenvalue weighted by Gasteiger charge is 2.09. The molecule has 0 bridgehead atoms. The Labute approximate surface area is 120 Å². The third-order valence-corrected chi connectivity index (χ3v) is 2.96. The number of rotatable bonds is 5. The van der Waals surface area contributed by atoms with Gasteiger partial charge >= 0.3 is 0 Å². The first kappa shape index (κ1) is 13.6. The SMILES string of the molecule is CCOc1ccccc1Oc1ccc(Br)cc1C=O. The Morgan fingerprint density at radius 2 is 1.84 bits per heavy atom. The van der Waals surface area contributed by atoms with Crippen molar-refractivity contribution < 1.29 is 14.3 Å². The van der Waals surface area contributed by atoms with Gasteiger partial charge < -0.3 is 9.47 Å². The van der Waals surface area contributed by atoms with E-state index in [4.69, 9.17) is 9.47 Å². The summed E-state index contributed by atoms with van der Waals surface area (Å²) >= 11 is 3.32. The lowest BCUT2D eigenvalue weighted by atomic mass is 10.2. The Balaban J connectivity index is 2.33. The van der Waals surface area contributed by atoms with Crippen LogP contribution < -0.4 is 9.47 Å². The Bertz CT molecular complexity index is 581. The Morgan fingerprint density at radius 1 is 1.11 bits per heavy atom. The van der Waals surface area contributed by atoms with Gasteiger partial charge in [-0.1, -0.05) is 28.1 Å². The normalized spacial score (nSPS) is 10.0. The summed E-state index contributed by atoms with van der Waals surface area (Å²) < 4.78 is 12.1. The molecule has 2 rings (SSSR count). The zero-order chi connectivity index (χ0) is 13.7. The molecule has 0 spiro atoms. The second-order valence-corrected chi connectivity index (χ2v) is 4.70. The van der Waals surface area contributed by atoms with Gasteiger partial charge in [0.1, 0.15) is 5.75 Å². The van der Waals surface area contributed by atoms with Crippen molar-refractivity contribution in [2.24, 2.45) is 0 Å². The maximum absolute atomic E-state index is 11.0. The summed E-state index contributed by atoms with van der Waals surface area (Å²) in [7, 11) is 0. The monoisotopic (exact) mass is 320 g/mol. The van der Waals surface area contributed by atoms with E-state index in [1.807, 2.05) is 37.3 Å². The van der Waals surface area contributed by atoms with E-state index in [9.17, 15) is 4.79 Å². The Morgan fingerprint density at radius 3 is 2.53 bits per heavy atom. The fourth-order valence-corrected chi connectivity index (χ4v) is 2.01. The molecule has 0 unspecified atom stereocenters. The maximum atomic E-state index is 11.0. The van der Waals surface area contributed by atoms with Crippen LogP contribution in [0.15, 0.2) is 46.9 Å². The number of para-hydroxylation sites is 2. The minimum atomic E-state index is 0.487. The highest BCUT2D eigenvalue weighted by Crippen LogP contribution is 2.33. The molecule has 2 aromatic rings. The van der Waals surface area contributed by atoms with Gasteiger partial charge in [0, 0.05) is 4.47 Å². The number of aldehydes is 1. The summed E-state index contributed by atoms with van der Waals surface area (Å²) in [6, 6.07) is 12.7. The van der Waals surface area contributed by atoms with Crippen LogP contribution in [-0.2, 0) is 0 Å². The van der Waals surface area contributed by atoms with E-state index < -0.39 is 0 Å². The van der Waals surface area contributed by atoms with Gasteiger partial charge in [-0.3, -0.25) is 4.79 Å². The van der Waals surface area contributed by atoms with Crippen LogP contribution in [0.1, 0.15) is 17.3 Å². The van der Waals surface area contributed by atoms with Crippen molar-refractivity contribution >= 4 is 22.2 Å². The smallest absolute Gasteiger partial charge is 0.169 e. The van der Waals surface area contributed by atoms with Gasteiger partial charge in [-0.05, 0) is 37.3 Å². The predicted octanol–water partition coefficient (Wildman–Crippen LogP) is 4.45. The number of halogens is 1. The summed E-state index contributed by atoms with van der Waals surface area (Å²) in [5.41, 5.74) is 0.487. The van der Waals surface area contributed by atoms with Crippen molar-refractivity contribution in [2.75, 3.05) is 6.61 Å². The van der Waals surface area contributed by atoms with Crippen LogP contribution in [0.25, 0.3) is 0 Å². The minimum Gasteiger partial charge on any atom is -0.490 e. The molecule has 0 aliphatic rings. The molecule has 98 valence electrons. The van der Waals surface area contributed by atoms with Gasteiger partial charge in [-0.2, -0.15) is 0 Å². The zero-order valence-electron chi connectivity index (χ0n) is 10.4. The average molecular weight is 321 g/mol. The topological polar surface area (TPSA) is 35.5 Å². The molecule has 2 aromatic carbocycles. The summed E-state index contributed by atoms with van der Waals surface area (Å²) in [6.07, 6.45) is 0.767. The van der Waals surface area contributed by atoms with Crippen LogP contribution in [-0.4, -0.2) is 12.9 Å². The standard InChI is InChI=1S/C15H13BrO3/c1-2-18-14-5-3-4-6-15(14)19-13-8-7-12(16)9-11(13)10-17/h3-10H,2H2,1H3. The number of benzene rings is 2. The van der Waals surface area contributed by atoms with E-state index in [1.165, 1.54) is 0 Å². The molecule has 0 saturated heterocycles. The molecule has 0 radical (unpaired) electrons. The Hall–Kier alpha value is -1.81. The highest BCUT2D eigenvalue weighted by atomic mass is 79.9. The van der Waals surface area contributed by atoms with E-state index in [0.29, 0.717) is 29.4 Å². The lowest BCUT2D eigenvalue weighted by Crippen LogP contribution is -1.96. The molecular weight excluding hydrogens is 308 g/mol. The molecule has 4 heteroatoms. The number of carbonyl (C=O) groups is 1. The second-order valence-electron chi connectivity index (χ2n) is 3.78. The van der Waals surface area contributed by atoms with Gasteiger partial charge in [0.05, 0.1) is 12.2 Å². The first-order chi connectivity index (χ1) is 9.24. The lowest BCUT2D eigenvalue weighted by Gasteiger charge is -2.12. The molecule has 19 heavy (non-hydrogen) atoms. The number of carbonyl (C=O) groups excluding carboxylic acids is 1. The summed E-state index contributed by atoms with van der Waals surface area (Å²) in [5.74, 6) is 1.75. The molecule has 0 amide bonds. The first-order valence-corrected chi connectivity index (χ1v) is 6.68. The maximum Gasteiger partial charge on any atom is 0.169 e. The number of hydrogen-bond donors (Lipinski definition) is 0. The van der Waals surface area contributed by atoms with E-state index in [2.05, 4.69) is 15.9 Å². The van der Waals surface area contributed by atoms with Gasteiger partial charge in [0.25, 0.3) is 0 Å². The van der Waals surface area contributed by atoms with Crippen molar-refractivity contribution in [3.8, 4) is 17.2 Å². The van der Waals surface area contributed by atoms with Crippen LogP contribution in [0.2, 0.25) is 0 Å². The molecule has 0 fully saturated rings. The summed E-state index contributed by atoms with van der Waals surface area (Å²) in [5, 5.41) is 0. The third-order valence-electron chi connectivity index (χ3n) is 2.47. The van der Waals surface area contributed by atoms with Crippen LogP contribution >= 0.6 is 15.9 Å². The molecule has 0 N–H and O–H groups in total. The summed E-state index contributed by atoms with van der Waals surface area (Å²) in [6.45, 7) is 2.47. The van der Waals surface area contributed by atoms with Crippen LogP contribution in [0.4, 0.5) is 0 Å². The van der Waals surface area contributed by atoms with E-state index in [-0.39, 0.29) is 0 Å². The van der Waals surface area contributed by atoms with E-state index in [0.717, 1.165) is 10.8 Å². The molecule has 3 nitrogen and oxygen atoms in total. The highest BCUT2D eigenvalue weighted by molar-refractivity contribution is 9.10. The van der Waals surface area contributed by atoms with Crippen molar-refractivity contribution in [2.45, 2.75) is 6.92 Å². The number of hydrogen-bond acceptors (Lipinski definition) is 3. The predicted molar refractivity (Wildman–Crippen MR) is 77.2 cm³/mol. The van der Waals surface area contributed by atoms with Gasteiger partial charge in [0.2, 0.25) is 0 Å². The number of ether oxygens (including phenoxy) is 2. The molecule has 0 heterocycles. The Kier molecular flexibility index (Phi) is 4.58. The van der Waals surface area contributed by atoms with Crippen molar-refractivity contribution in [3.63, 3.8) is 0 Å². The quantitative estimate of drug-likeness (QED) is 0.763. The fourth-order valence-electron chi connectivity index (χ4n) is 1.63. The molecule has 0 aliphatic heterocycles. The van der Waals surface area contributed by atoms with E-state index in [1.54, 1.807) is 12.1 Å². The zero-order valence-corrected chi connectivity index (χ0v) is 12.0. The minimum absolute atomic E-state index is 0.487. The molecule has 0 aromatic heterocycles. The van der Waals surface area contributed by atoms with Gasteiger partial charge in [-0.15, -0.1) is 0 Å². The molecule has 0 saturated carbocycles. The molecular formula is C15H13BrO3. The fraction of sp³-hybridized carbons (Fsp3) is 0.133. The molecule has 0 aliphatic carbocycles. The first-order valence-electron chi connectivity index (χ1n) is 5.89. The largest absolute Gasteiger partial charge is 0.490 e. The van der Waals surface area contributed by atoms with Gasteiger partial charge in [0.15, 0.2) is 17.8 Å².